The summed E-state index contributed by atoms with van der Waals surface area (Å²) in [6.45, 7) is 3.24. The van der Waals surface area contributed by atoms with Crippen LogP contribution in [0.1, 0.15) is 43.7 Å². The first-order valence-corrected chi connectivity index (χ1v) is 12.8. The molecule has 2 unspecified atom stereocenters. The van der Waals surface area contributed by atoms with E-state index in [0.717, 1.165) is 29.9 Å². The van der Waals surface area contributed by atoms with Crippen LogP contribution in [0.5, 0.6) is 0 Å². The summed E-state index contributed by atoms with van der Waals surface area (Å²) in [6.07, 6.45) is 6.14. The van der Waals surface area contributed by atoms with Gasteiger partial charge in [0.25, 0.3) is 5.91 Å². The van der Waals surface area contributed by atoms with Crippen molar-refractivity contribution in [3.05, 3.63) is 59.7 Å². The molecule has 2 atom stereocenters. The molecule has 0 radical (unpaired) electrons. The molecule has 10 nitrogen and oxygen atoms in total. The fraction of sp³-hybridized carbons (Fsp3) is 0.357. The van der Waals surface area contributed by atoms with Gasteiger partial charge in [-0.05, 0) is 49.4 Å². The average molecular weight is 515 g/mol. The van der Waals surface area contributed by atoms with E-state index >= 15 is 0 Å². The Hall–Kier alpha value is -4.34. The summed E-state index contributed by atoms with van der Waals surface area (Å²) in [5.74, 6) is -0.837. The van der Waals surface area contributed by atoms with Gasteiger partial charge in [0.15, 0.2) is 0 Å². The maximum atomic E-state index is 12.1. The van der Waals surface area contributed by atoms with Gasteiger partial charge in [0.05, 0.1) is 24.1 Å². The molecule has 0 saturated carbocycles. The SMILES string of the molecule is CC1(N2C=Nc3ccccc3C2)CCC(=O)NC1=O.O=C1CCC(N2C=Nc3ccccc3CC2)C(=O)N1. The Bertz CT molecular complexity index is 1340. The number of carbonyl (C=O) groups is 4. The summed E-state index contributed by atoms with van der Waals surface area (Å²) < 4.78 is 0. The number of nitrogens with one attached hydrogen (secondary N) is 2. The largest absolute Gasteiger partial charge is 0.350 e. The smallest absolute Gasteiger partial charge is 0.252 e. The van der Waals surface area contributed by atoms with E-state index in [9.17, 15) is 19.2 Å². The van der Waals surface area contributed by atoms with Gasteiger partial charge in [0, 0.05) is 25.9 Å². The lowest BCUT2D eigenvalue weighted by Gasteiger charge is -2.42. The third-order valence-electron chi connectivity index (χ3n) is 7.47. The number of para-hydroxylation sites is 2. The molecule has 4 aliphatic heterocycles. The van der Waals surface area contributed by atoms with Crippen molar-refractivity contribution in [2.75, 3.05) is 6.54 Å². The summed E-state index contributed by atoms with van der Waals surface area (Å²) in [4.78, 5) is 59.0. The summed E-state index contributed by atoms with van der Waals surface area (Å²) in [6, 6.07) is 15.6. The first-order valence-electron chi connectivity index (χ1n) is 12.8. The molecule has 2 N–H and O–H groups in total. The molecule has 2 aromatic rings. The van der Waals surface area contributed by atoms with Crippen LogP contribution in [0.25, 0.3) is 0 Å². The minimum atomic E-state index is -0.703. The van der Waals surface area contributed by atoms with Crippen molar-refractivity contribution in [2.45, 2.75) is 57.2 Å². The predicted molar refractivity (Wildman–Crippen MR) is 142 cm³/mol. The van der Waals surface area contributed by atoms with Crippen LogP contribution in [-0.4, -0.2) is 64.2 Å². The Labute approximate surface area is 220 Å². The van der Waals surface area contributed by atoms with Crippen LogP contribution in [0.15, 0.2) is 58.5 Å². The molecular weight excluding hydrogens is 484 g/mol. The van der Waals surface area contributed by atoms with Gasteiger partial charge in [-0.2, -0.15) is 0 Å². The highest BCUT2D eigenvalue weighted by Crippen LogP contribution is 2.31. The van der Waals surface area contributed by atoms with E-state index in [0.29, 0.717) is 32.2 Å². The molecule has 0 bridgehead atoms. The summed E-state index contributed by atoms with van der Waals surface area (Å²) in [7, 11) is 0. The van der Waals surface area contributed by atoms with Gasteiger partial charge < -0.3 is 9.80 Å². The molecular formula is C28H30N6O4. The molecule has 196 valence electrons. The molecule has 38 heavy (non-hydrogen) atoms. The van der Waals surface area contributed by atoms with Crippen LogP contribution in [0.4, 0.5) is 11.4 Å². The maximum absolute atomic E-state index is 12.1. The fourth-order valence-corrected chi connectivity index (χ4v) is 5.02. The minimum absolute atomic E-state index is 0.184. The van der Waals surface area contributed by atoms with E-state index < -0.39 is 5.54 Å². The van der Waals surface area contributed by atoms with Crippen LogP contribution in [0.2, 0.25) is 0 Å². The number of nitrogens with zero attached hydrogens (tertiary/aromatic N) is 4. The number of amides is 4. The van der Waals surface area contributed by atoms with Crippen molar-refractivity contribution in [3.63, 3.8) is 0 Å². The number of fused-ring (bicyclic) bond motifs is 2. The van der Waals surface area contributed by atoms with E-state index in [2.05, 4.69) is 26.7 Å². The van der Waals surface area contributed by atoms with Crippen molar-refractivity contribution >= 4 is 47.7 Å². The number of rotatable bonds is 2. The Kier molecular flexibility index (Phi) is 7.04. The lowest BCUT2D eigenvalue weighted by molar-refractivity contribution is -0.141. The average Bonchev–Trinajstić information content (AvgIpc) is 3.14. The number of benzene rings is 2. The van der Waals surface area contributed by atoms with Gasteiger partial charge in [-0.3, -0.25) is 29.8 Å². The quantitative estimate of drug-likeness (QED) is 0.593. The van der Waals surface area contributed by atoms with Crippen molar-refractivity contribution in [1.82, 2.24) is 20.4 Å². The van der Waals surface area contributed by atoms with Crippen molar-refractivity contribution in [3.8, 4) is 0 Å². The van der Waals surface area contributed by atoms with Crippen LogP contribution < -0.4 is 10.6 Å². The molecule has 2 saturated heterocycles. The van der Waals surface area contributed by atoms with E-state index in [4.69, 9.17) is 0 Å². The number of hydrogen-bond acceptors (Lipinski definition) is 8. The number of piperidine rings is 2. The molecule has 0 spiro atoms. The topological polar surface area (TPSA) is 124 Å². The molecule has 2 fully saturated rings. The van der Waals surface area contributed by atoms with Crippen LogP contribution in [0.3, 0.4) is 0 Å². The second kappa shape index (κ2) is 10.6. The van der Waals surface area contributed by atoms with Gasteiger partial charge >= 0.3 is 0 Å². The molecule has 0 aromatic heterocycles. The van der Waals surface area contributed by atoms with Crippen LogP contribution in [-0.2, 0) is 32.1 Å². The number of hydrogen-bond donors (Lipinski definition) is 2. The highest BCUT2D eigenvalue weighted by Gasteiger charge is 2.43. The zero-order valence-electron chi connectivity index (χ0n) is 21.2. The van der Waals surface area contributed by atoms with Crippen LogP contribution in [0, 0.1) is 0 Å². The first-order chi connectivity index (χ1) is 18.3. The summed E-state index contributed by atoms with van der Waals surface area (Å²) in [5.41, 5.74) is 3.47. The standard InChI is InChI=1S/2C14H15N3O2/c1-14(7-6-12(18)16-13(14)19)17-8-10-4-2-3-5-11(10)15-9-17;18-13-6-5-12(14(19)16-13)17-8-7-10-3-1-2-4-11(10)15-9-17/h2-5,9H,6-8H2,1H3,(H,16,18,19);1-4,9,12H,5-8H2,(H,16,18,19). The molecule has 2 aromatic carbocycles. The van der Waals surface area contributed by atoms with Crippen molar-refractivity contribution in [2.24, 2.45) is 9.98 Å². The number of aliphatic imine (C=N–C) groups is 2. The number of imide groups is 2. The predicted octanol–water partition coefficient (Wildman–Crippen LogP) is 2.37. The normalized spacial score (nSPS) is 24.4. The second-order valence-corrected chi connectivity index (χ2v) is 9.98. The third kappa shape index (κ3) is 5.20. The fourth-order valence-electron chi connectivity index (χ4n) is 5.02. The molecule has 4 heterocycles. The molecule has 10 heteroatoms. The van der Waals surface area contributed by atoms with Gasteiger partial charge in [-0.25, -0.2) is 9.98 Å². The van der Waals surface area contributed by atoms with Crippen molar-refractivity contribution in [1.29, 1.82) is 0 Å². The Morgan fingerprint density at radius 3 is 2.21 bits per heavy atom. The van der Waals surface area contributed by atoms with Gasteiger partial charge in [0.2, 0.25) is 17.7 Å². The van der Waals surface area contributed by atoms with Crippen molar-refractivity contribution < 1.29 is 19.2 Å². The third-order valence-corrected chi connectivity index (χ3v) is 7.47. The van der Waals surface area contributed by atoms with E-state index in [1.54, 1.807) is 12.7 Å². The first kappa shape index (κ1) is 25.3. The lowest BCUT2D eigenvalue weighted by Crippen LogP contribution is -2.60. The Balaban J connectivity index is 0.000000155. The Morgan fingerprint density at radius 1 is 0.816 bits per heavy atom. The molecule has 4 amide bonds. The highest BCUT2D eigenvalue weighted by molar-refractivity contribution is 6.03. The molecule has 0 aliphatic carbocycles. The monoisotopic (exact) mass is 514 g/mol. The maximum Gasteiger partial charge on any atom is 0.252 e. The Morgan fingerprint density at radius 2 is 1.47 bits per heavy atom. The molecule has 6 rings (SSSR count). The molecule has 4 aliphatic rings. The lowest BCUT2D eigenvalue weighted by atomic mass is 9.88. The van der Waals surface area contributed by atoms with Gasteiger partial charge in [-0.15, -0.1) is 0 Å². The zero-order chi connectivity index (χ0) is 26.7. The minimum Gasteiger partial charge on any atom is -0.350 e. The van der Waals surface area contributed by atoms with E-state index in [1.807, 2.05) is 59.2 Å². The summed E-state index contributed by atoms with van der Waals surface area (Å²) >= 11 is 0. The van der Waals surface area contributed by atoms with E-state index in [-0.39, 0.29) is 29.7 Å². The van der Waals surface area contributed by atoms with Gasteiger partial charge in [-0.1, -0.05) is 36.4 Å². The summed E-state index contributed by atoms with van der Waals surface area (Å²) in [5, 5.41) is 4.80. The highest BCUT2D eigenvalue weighted by atomic mass is 16.2. The number of carbonyl (C=O) groups excluding carboxylic acids is 4. The van der Waals surface area contributed by atoms with Gasteiger partial charge in [0.1, 0.15) is 11.6 Å². The second-order valence-electron chi connectivity index (χ2n) is 9.98. The van der Waals surface area contributed by atoms with Crippen LogP contribution >= 0.6 is 0 Å². The van der Waals surface area contributed by atoms with E-state index in [1.165, 1.54) is 5.56 Å². The zero-order valence-corrected chi connectivity index (χ0v) is 21.2.